The minimum absolute atomic E-state index is 0.307. The Morgan fingerprint density at radius 2 is 1.81 bits per heavy atom. The molecule has 8 heteroatoms. The van der Waals surface area contributed by atoms with E-state index in [1.807, 2.05) is 26.0 Å². The maximum absolute atomic E-state index is 12.7. The van der Waals surface area contributed by atoms with Gasteiger partial charge in [-0.25, -0.2) is 4.79 Å². The molecule has 1 aromatic rings. The van der Waals surface area contributed by atoms with E-state index in [0.29, 0.717) is 12.2 Å². The average Bonchev–Trinajstić information content (AvgIpc) is 2.84. The lowest BCUT2D eigenvalue weighted by Gasteiger charge is -2.20. The van der Waals surface area contributed by atoms with Crippen LogP contribution in [0.25, 0.3) is 0 Å². The van der Waals surface area contributed by atoms with Crippen LogP contribution in [0.4, 0.5) is 10.5 Å². The molecule has 2 atom stereocenters. The van der Waals surface area contributed by atoms with Crippen LogP contribution in [0.5, 0.6) is 0 Å². The number of carbonyl (C=O) groups excluding carboxylic acids is 4. The Hall–Kier alpha value is -2.90. The van der Waals surface area contributed by atoms with Crippen molar-refractivity contribution in [2.24, 2.45) is 0 Å². The third-order valence-electron chi connectivity index (χ3n) is 4.38. The number of carbonyl (C=O) groups is 4. The van der Waals surface area contributed by atoms with Gasteiger partial charge in [0.15, 0.2) is 0 Å². The first-order chi connectivity index (χ1) is 12.8. The smallest absolute Gasteiger partial charge is 0.332 e. The number of nitrogens with zero attached hydrogens (tertiary/aromatic N) is 2. The predicted molar refractivity (Wildman–Crippen MR) is 101 cm³/mol. The van der Waals surface area contributed by atoms with Crippen LogP contribution in [-0.2, 0) is 14.4 Å². The van der Waals surface area contributed by atoms with E-state index in [9.17, 15) is 19.2 Å². The number of nitrogens with one attached hydrogen (secondary N) is 2. The molecule has 8 nitrogen and oxygen atoms in total. The molecule has 0 aliphatic carbocycles. The van der Waals surface area contributed by atoms with Gasteiger partial charge in [-0.3, -0.25) is 24.2 Å². The van der Waals surface area contributed by atoms with Crippen molar-refractivity contribution in [2.45, 2.75) is 46.2 Å². The first-order valence-corrected chi connectivity index (χ1v) is 9.04. The van der Waals surface area contributed by atoms with Gasteiger partial charge in [-0.05, 0) is 39.3 Å². The highest BCUT2D eigenvalue weighted by molar-refractivity contribution is 6.15. The summed E-state index contributed by atoms with van der Waals surface area (Å²) >= 11 is 0. The molecule has 27 heavy (non-hydrogen) atoms. The molecule has 1 aromatic carbocycles. The molecule has 1 aliphatic rings. The summed E-state index contributed by atoms with van der Waals surface area (Å²) in [6.45, 7) is 7.13. The molecule has 1 aliphatic heterocycles. The van der Waals surface area contributed by atoms with Gasteiger partial charge in [-0.2, -0.15) is 0 Å². The summed E-state index contributed by atoms with van der Waals surface area (Å²) in [6, 6.07) is 5.24. The number of rotatable bonds is 7. The van der Waals surface area contributed by atoms with Crippen LogP contribution in [0.1, 0.15) is 32.8 Å². The van der Waals surface area contributed by atoms with Crippen LogP contribution in [0.3, 0.4) is 0 Å². The van der Waals surface area contributed by atoms with E-state index in [1.165, 1.54) is 4.90 Å². The molecule has 2 N–H and O–H groups in total. The number of benzene rings is 1. The second kappa shape index (κ2) is 8.66. The second-order valence-electron chi connectivity index (χ2n) is 6.67. The highest BCUT2D eigenvalue weighted by Gasteiger charge is 2.44. The van der Waals surface area contributed by atoms with Crippen molar-refractivity contribution < 1.29 is 19.2 Å². The summed E-state index contributed by atoms with van der Waals surface area (Å²) in [5.74, 6) is -1.31. The van der Waals surface area contributed by atoms with Gasteiger partial charge in [0.05, 0.1) is 0 Å². The monoisotopic (exact) mass is 374 g/mol. The Morgan fingerprint density at radius 1 is 1.19 bits per heavy atom. The number of hydrogen-bond donors (Lipinski definition) is 2. The van der Waals surface area contributed by atoms with Gasteiger partial charge < -0.3 is 10.6 Å². The SMILES string of the molecule is CCCNC(=O)[C@H](C)NC(=O)CN1C(=O)[C@@H](C)N(c2ccc(C)cc2)C1=O. The lowest BCUT2D eigenvalue weighted by molar-refractivity contribution is -0.133. The molecule has 0 radical (unpaired) electrons. The van der Waals surface area contributed by atoms with Crippen molar-refractivity contribution in [3.8, 4) is 0 Å². The molecule has 5 amide bonds. The van der Waals surface area contributed by atoms with Crippen LogP contribution in [0, 0.1) is 6.92 Å². The number of anilines is 1. The molecule has 146 valence electrons. The van der Waals surface area contributed by atoms with Crippen molar-refractivity contribution in [1.82, 2.24) is 15.5 Å². The van der Waals surface area contributed by atoms with Gasteiger partial charge in [0.1, 0.15) is 18.6 Å². The van der Waals surface area contributed by atoms with E-state index in [-0.39, 0.29) is 5.91 Å². The van der Waals surface area contributed by atoms with E-state index >= 15 is 0 Å². The lowest BCUT2D eigenvalue weighted by Crippen LogP contribution is -2.49. The highest BCUT2D eigenvalue weighted by atomic mass is 16.2. The molecule has 0 saturated carbocycles. The van der Waals surface area contributed by atoms with E-state index < -0.39 is 36.5 Å². The fourth-order valence-electron chi connectivity index (χ4n) is 2.81. The van der Waals surface area contributed by atoms with Gasteiger partial charge in [-0.15, -0.1) is 0 Å². The summed E-state index contributed by atoms with van der Waals surface area (Å²) in [5.41, 5.74) is 1.64. The van der Waals surface area contributed by atoms with Crippen LogP contribution >= 0.6 is 0 Å². The Morgan fingerprint density at radius 3 is 2.41 bits per heavy atom. The number of urea groups is 1. The molecule has 2 rings (SSSR count). The third-order valence-corrected chi connectivity index (χ3v) is 4.38. The number of hydrogen-bond acceptors (Lipinski definition) is 4. The number of aryl methyl sites for hydroxylation is 1. The maximum Gasteiger partial charge on any atom is 0.332 e. The Kier molecular flexibility index (Phi) is 6.55. The Bertz CT molecular complexity index is 732. The molecule has 0 bridgehead atoms. The van der Waals surface area contributed by atoms with E-state index in [4.69, 9.17) is 0 Å². The van der Waals surface area contributed by atoms with Crippen LogP contribution in [0.15, 0.2) is 24.3 Å². The van der Waals surface area contributed by atoms with Gasteiger partial charge >= 0.3 is 6.03 Å². The molecule has 1 saturated heterocycles. The normalized spacial score (nSPS) is 17.9. The Balaban J connectivity index is 2.03. The molecule has 0 unspecified atom stereocenters. The van der Waals surface area contributed by atoms with E-state index in [2.05, 4.69) is 10.6 Å². The van der Waals surface area contributed by atoms with E-state index in [0.717, 1.165) is 16.9 Å². The Labute approximate surface area is 158 Å². The molecule has 1 fully saturated rings. The topological polar surface area (TPSA) is 98.8 Å². The van der Waals surface area contributed by atoms with E-state index in [1.54, 1.807) is 26.0 Å². The molecule has 0 spiro atoms. The summed E-state index contributed by atoms with van der Waals surface area (Å²) in [6.07, 6.45) is 0.788. The van der Waals surface area contributed by atoms with Crippen LogP contribution < -0.4 is 15.5 Å². The molecular formula is C19H26N4O4. The van der Waals surface area contributed by atoms with Crippen molar-refractivity contribution in [2.75, 3.05) is 18.0 Å². The van der Waals surface area contributed by atoms with Gasteiger partial charge in [-0.1, -0.05) is 24.6 Å². The summed E-state index contributed by atoms with van der Waals surface area (Å²) in [5, 5.41) is 5.20. The third kappa shape index (κ3) is 4.64. The molecule has 1 heterocycles. The standard InChI is InChI=1S/C19H26N4O4/c1-5-10-20-17(25)13(3)21-16(24)11-22-18(26)14(4)23(19(22)27)15-8-6-12(2)7-9-15/h6-9,13-14H,5,10-11H2,1-4H3,(H,20,25)(H,21,24)/t13-,14+/m0/s1. The summed E-state index contributed by atoms with van der Waals surface area (Å²) in [4.78, 5) is 51.5. The second-order valence-corrected chi connectivity index (χ2v) is 6.67. The fourth-order valence-corrected chi connectivity index (χ4v) is 2.81. The predicted octanol–water partition coefficient (Wildman–Crippen LogP) is 1.18. The zero-order chi connectivity index (χ0) is 20.1. The maximum atomic E-state index is 12.7. The molecule has 0 aromatic heterocycles. The number of amides is 5. The summed E-state index contributed by atoms with van der Waals surface area (Å²) in [7, 11) is 0. The zero-order valence-corrected chi connectivity index (χ0v) is 16.1. The fraction of sp³-hybridized carbons (Fsp3) is 0.474. The van der Waals surface area contributed by atoms with Crippen molar-refractivity contribution in [3.63, 3.8) is 0 Å². The van der Waals surface area contributed by atoms with Crippen LogP contribution in [-0.4, -0.2) is 53.8 Å². The minimum atomic E-state index is -0.748. The van der Waals surface area contributed by atoms with Crippen molar-refractivity contribution in [3.05, 3.63) is 29.8 Å². The van der Waals surface area contributed by atoms with Gasteiger partial charge in [0.25, 0.3) is 5.91 Å². The lowest BCUT2D eigenvalue weighted by atomic mass is 10.2. The van der Waals surface area contributed by atoms with Gasteiger partial charge in [0, 0.05) is 12.2 Å². The van der Waals surface area contributed by atoms with Crippen LogP contribution in [0.2, 0.25) is 0 Å². The quantitative estimate of drug-likeness (QED) is 0.700. The molecular weight excluding hydrogens is 348 g/mol. The average molecular weight is 374 g/mol. The number of imide groups is 1. The first kappa shape index (κ1) is 20.4. The summed E-state index contributed by atoms with van der Waals surface area (Å²) < 4.78 is 0. The van der Waals surface area contributed by atoms with Crippen molar-refractivity contribution in [1.29, 1.82) is 0 Å². The largest absolute Gasteiger partial charge is 0.354 e. The zero-order valence-electron chi connectivity index (χ0n) is 16.1. The minimum Gasteiger partial charge on any atom is -0.354 e. The first-order valence-electron chi connectivity index (χ1n) is 9.04. The van der Waals surface area contributed by atoms with Gasteiger partial charge in [0.2, 0.25) is 11.8 Å². The highest BCUT2D eigenvalue weighted by Crippen LogP contribution is 2.25. The van der Waals surface area contributed by atoms with Crippen molar-refractivity contribution >= 4 is 29.4 Å².